The predicted molar refractivity (Wildman–Crippen MR) is 151 cm³/mol. The van der Waals surface area contributed by atoms with E-state index in [9.17, 15) is 0 Å². The predicted octanol–water partition coefficient (Wildman–Crippen LogP) is 6.81. The lowest BCUT2D eigenvalue weighted by Gasteiger charge is -2.26. The summed E-state index contributed by atoms with van der Waals surface area (Å²) in [5.41, 5.74) is 3.32. The van der Waals surface area contributed by atoms with E-state index in [-0.39, 0.29) is 0 Å². The minimum absolute atomic E-state index is 1.02. The second-order valence-corrected chi connectivity index (χ2v) is 12.7. The van der Waals surface area contributed by atoms with Crippen molar-refractivity contribution in [2.75, 3.05) is 0 Å². The van der Waals surface area contributed by atoms with Crippen molar-refractivity contribution in [3.63, 3.8) is 0 Å². The van der Waals surface area contributed by atoms with E-state index < -0.39 is 6.04 Å². The number of rotatable bonds is 4. The van der Waals surface area contributed by atoms with Crippen LogP contribution >= 0.6 is 6.04 Å². The minimum Gasteiger partial charge on any atom is -0.256 e. The third-order valence-electron chi connectivity index (χ3n) is 6.40. The van der Waals surface area contributed by atoms with Crippen LogP contribution in [0.1, 0.15) is 0 Å². The standard InChI is InChI=1S/C31H22NPS/c34-33(26-13-2-1-3-14-26,30-17-7-10-23-9-4-5-15-28(23)30)27-20-18-24(19-21-27)29-16-6-11-25-12-8-22-32-31(25)29/h1-22H. The van der Waals surface area contributed by atoms with E-state index in [1.165, 1.54) is 26.7 Å². The Labute approximate surface area is 204 Å². The van der Waals surface area contributed by atoms with Gasteiger partial charge in [-0.2, -0.15) is 0 Å². The van der Waals surface area contributed by atoms with Crippen LogP contribution < -0.4 is 15.9 Å². The van der Waals surface area contributed by atoms with Crippen LogP contribution in [0.4, 0.5) is 0 Å². The first kappa shape index (κ1) is 21.0. The molecule has 1 atom stereocenters. The van der Waals surface area contributed by atoms with Gasteiger partial charge in [-0.15, -0.1) is 0 Å². The smallest absolute Gasteiger partial charge is 0.0780 e. The van der Waals surface area contributed by atoms with E-state index >= 15 is 0 Å². The van der Waals surface area contributed by atoms with Gasteiger partial charge in [0.25, 0.3) is 0 Å². The van der Waals surface area contributed by atoms with Crippen LogP contribution in [0.25, 0.3) is 32.8 Å². The molecule has 3 heteroatoms. The van der Waals surface area contributed by atoms with Gasteiger partial charge in [0, 0.05) is 28.5 Å². The summed E-state index contributed by atoms with van der Waals surface area (Å²) in [5.74, 6) is 0. The summed E-state index contributed by atoms with van der Waals surface area (Å²) in [6.07, 6.45) is 1.86. The fourth-order valence-corrected chi connectivity index (χ4v) is 8.80. The molecule has 6 aromatic rings. The van der Waals surface area contributed by atoms with Crippen molar-refractivity contribution in [1.29, 1.82) is 0 Å². The maximum atomic E-state index is 6.66. The normalized spacial score (nSPS) is 13.1. The Hall–Kier alpha value is -3.58. The van der Waals surface area contributed by atoms with Crippen LogP contribution in [0, 0.1) is 0 Å². The molecular formula is C31H22NPS. The number of pyridine rings is 1. The zero-order valence-corrected chi connectivity index (χ0v) is 20.2. The van der Waals surface area contributed by atoms with Gasteiger partial charge in [0.15, 0.2) is 0 Å². The first-order valence-electron chi connectivity index (χ1n) is 11.3. The van der Waals surface area contributed by atoms with E-state index in [0.717, 1.165) is 22.0 Å². The summed E-state index contributed by atoms with van der Waals surface area (Å²) in [6, 6.07) is 42.7. The highest BCUT2D eigenvalue weighted by Gasteiger charge is 2.26. The zero-order valence-electron chi connectivity index (χ0n) is 18.5. The number of nitrogens with zero attached hydrogens (tertiary/aromatic N) is 1. The zero-order chi connectivity index (χ0) is 23.0. The molecule has 0 saturated carbocycles. The lowest BCUT2D eigenvalue weighted by molar-refractivity contribution is 1.41. The molecule has 1 heterocycles. The van der Waals surface area contributed by atoms with Crippen molar-refractivity contribution in [1.82, 2.24) is 4.98 Å². The maximum Gasteiger partial charge on any atom is 0.0780 e. The number of hydrogen-bond donors (Lipinski definition) is 0. The summed E-state index contributed by atoms with van der Waals surface area (Å²) in [7, 11) is 0. The van der Waals surface area contributed by atoms with Crippen LogP contribution in [-0.4, -0.2) is 4.98 Å². The first-order valence-corrected chi connectivity index (χ1v) is 14.1. The molecule has 0 saturated heterocycles. The molecule has 1 nitrogen and oxygen atoms in total. The number of hydrogen-bond acceptors (Lipinski definition) is 2. The van der Waals surface area contributed by atoms with Gasteiger partial charge in [0.1, 0.15) is 0 Å². The summed E-state index contributed by atoms with van der Waals surface area (Å²) in [6.45, 7) is 0. The summed E-state index contributed by atoms with van der Waals surface area (Å²) in [5, 5.41) is 7.26. The molecule has 1 unspecified atom stereocenters. The van der Waals surface area contributed by atoms with Gasteiger partial charge < -0.3 is 0 Å². The molecule has 0 fully saturated rings. The van der Waals surface area contributed by atoms with Crippen molar-refractivity contribution < 1.29 is 0 Å². The lowest BCUT2D eigenvalue weighted by atomic mass is 10.0. The van der Waals surface area contributed by atoms with E-state index in [1.54, 1.807) is 0 Å². The van der Waals surface area contributed by atoms with E-state index in [4.69, 9.17) is 11.8 Å². The number of aromatic nitrogens is 1. The van der Waals surface area contributed by atoms with Gasteiger partial charge in [0.2, 0.25) is 0 Å². The van der Waals surface area contributed by atoms with Gasteiger partial charge in [-0.05, 0) is 33.0 Å². The van der Waals surface area contributed by atoms with Gasteiger partial charge in [-0.25, -0.2) is 0 Å². The van der Waals surface area contributed by atoms with Gasteiger partial charge in [-0.3, -0.25) is 4.98 Å². The van der Waals surface area contributed by atoms with Crippen LogP contribution in [0.2, 0.25) is 0 Å². The van der Waals surface area contributed by atoms with Gasteiger partial charge >= 0.3 is 0 Å². The van der Waals surface area contributed by atoms with Crippen molar-refractivity contribution in [2.24, 2.45) is 0 Å². The molecule has 5 aromatic carbocycles. The highest BCUT2D eigenvalue weighted by atomic mass is 32.4. The van der Waals surface area contributed by atoms with Crippen molar-refractivity contribution in [2.45, 2.75) is 0 Å². The van der Waals surface area contributed by atoms with Crippen molar-refractivity contribution in [3.8, 4) is 11.1 Å². The summed E-state index contributed by atoms with van der Waals surface area (Å²) < 4.78 is 0. The van der Waals surface area contributed by atoms with Crippen LogP contribution in [0.5, 0.6) is 0 Å². The molecule has 0 radical (unpaired) electrons. The van der Waals surface area contributed by atoms with Crippen LogP contribution in [0.15, 0.2) is 134 Å². The fourth-order valence-electron chi connectivity index (χ4n) is 4.74. The SMILES string of the molecule is S=P(c1ccccc1)(c1ccc(-c2cccc3cccnc23)cc1)c1cccc2ccccc12. The number of para-hydroxylation sites is 1. The molecule has 0 N–H and O–H groups in total. The molecule has 34 heavy (non-hydrogen) atoms. The monoisotopic (exact) mass is 471 g/mol. The Morgan fingerprint density at radius 1 is 0.529 bits per heavy atom. The summed E-state index contributed by atoms with van der Waals surface area (Å²) in [4.78, 5) is 4.64. The topological polar surface area (TPSA) is 12.9 Å². The molecule has 0 amide bonds. The molecule has 1 aromatic heterocycles. The Bertz CT molecular complexity index is 1660. The highest BCUT2D eigenvalue weighted by Crippen LogP contribution is 2.45. The second kappa shape index (κ2) is 8.65. The molecule has 162 valence electrons. The van der Waals surface area contributed by atoms with Crippen LogP contribution in [0.3, 0.4) is 0 Å². The molecule has 0 spiro atoms. The molecular weight excluding hydrogens is 449 g/mol. The summed E-state index contributed by atoms with van der Waals surface area (Å²) >= 11 is 6.66. The van der Waals surface area contributed by atoms with E-state index in [1.807, 2.05) is 12.3 Å². The van der Waals surface area contributed by atoms with Crippen molar-refractivity contribution >= 4 is 55.4 Å². The fraction of sp³-hybridized carbons (Fsp3) is 0. The highest BCUT2D eigenvalue weighted by molar-refractivity contribution is 8.25. The van der Waals surface area contributed by atoms with Crippen LogP contribution in [-0.2, 0) is 11.8 Å². The van der Waals surface area contributed by atoms with Gasteiger partial charge in [0.05, 0.1) is 5.52 Å². The van der Waals surface area contributed by atoms with Gasteiger partial charge in [-0.1, -0.05) is 133 Å². The molecule has 0 aliphatic carbocycles. The average Bonchev–Trinajstić information content (AvgIpc) is 2.92. The van der Waals surface area contributed by atoms with E-state index in [2.05, 4.69) is 126 Å². The molecule has 0 aliphatic rings. The van der Waals surface area contributed by atoms with E-state index in [0.29, 0.717) is 0 Å². The third-order valence-corrected chi connectivity index (χ3v) is 11.4. The first-order chi connectivity index (χ1) is 16.7. The number of benzene rings is 5. The molecule has 0 aliphatic heterocycles. The largest absolute Gasteiger partial charge is 0.256 e. The Morgan fingerprint density at radius 3 is 2.03 bits per heavy atom. The Balaban J connectivity index is 1.55. The maximum absolute atomic E-state index is 6.66. The quantitative estimate of drug-likeness (QED) is 0.262. The second-order valence-electron chi connectivity index (χ2n) is 8.37. The molecule has 0 bridgehead atoms. The Morgan fingerprint density at radius 2 is 1.18 bits per heavy atom. The third kappa shape index (κ3) is 3.47. The Kier molecular flexibility index (Phi) is 5.34. The lowest BCUT2D eigenvalue weighted by Crippen LogP contribution is -2.25. The number of fused-ring (bicyclic) bond motifs is 2. The minimum atomic E-state index is -2.26. The molecule has 6 rings (SSSR count). The van der Waals surface area contributed by atoms with Crippen molar-refractivity contribution in [3.05, 3.63) is 134 Å². The average molecular weight is 472 g/mol.